The highest BCUT2D eigenvalue weighted by Gasteiger charge is 2.24. The Bertz CT molecular complexity index is 1300. The van der Waals surface area contributed by atoms with Crippen molar-refractivity contribution < 1.29 is 9.53 Å². The maximum atomic E-state index is 13.2. The number of nitriles is 1. The number of methoxy groups -OCH3 is 1. The summed E-state index contributed by atoms with van der Waals surface area (Å²) < 4.78 is 5.37. The average molecular weight is 537 g/mol. The van der Waals surface area contributed by atoms with Crippen LogP contribution in [0.1, 0.15) is 42.2 Å². The number of thioether (sulfide) groups is 1. The number of thiophene rings is 1. The number of nitrogens with one attached hydrogen (secondary N) is 3. The summed E-state index contributed by atoms with van der Waals surface area (Å²) in [6.07, 6.45) is 4.81. The first kappa shape index (κ1) is 26.0. The first-order chi connectivity index (χ1) is 17.5. The van der Waals surface area contributed by atoms with Crippen LogP contribution in [0.3, 0.4) is 0 Å². The number of ether oxygens (including phenoxy) is 1. The van der Waals surface area contributed by atoms with Crippen molar-refractivity contribution in [1.82, 2.24) is 0 Å². The largest absolute Gasteiger partial charge is 0.495 e. The Morgan fingerprint density at radius 3 is 2.75 bits per heavy atom. The van der Waals surface area contributed by atoms with Crippen molar-refractivity contribution in [3.63, 3.8) is 0 Å². The fraction of sp³-hybridized carbons (Fsp3) is 0.296. The van der Waals surface area contributed by atoms with Crippen molar-refractivity contribution in [2.24, 2.45) is 0 Å². The summed E-state index contributed by atoms with van der Waals surface area (Å²) in [6, 6.07) is 17.7. The fourth-order valence-electron chi connectivity index (χ4n) is 4.13. The van der Waals surface area contributed by atoms with Gasteiger partial charge in [-0.1, -0.05) is 25.1 Å². The normalized spacial score (nSPS) is 13.1. The molecule has 0 saturated carbocycles. The number of hydrogen-bond donors (Lipinski definition) is 3. The number of carbonyl (C=O) groups is 1. The Kier molecular flexibility index (Phi) is 8.86. The monoisotopic (exact) mass is 536 g/mol. The summed E-state index contributed by atoms with van der Waals surface area (Å²) in [5, 5.41) is 20.0. The first-order valence-electron chi connectivity index (χ1n) is 11.9. The van der Waals surface area contributed by atoms with Crippen molar-refractivity contribution in [2.75, 3.05) is 23.1 Å². The van der Waals surface area contributed by atoms with Crippen LogP contribution in [-0.4, -0.2) is 23.4 Å². The van der Waals surface area contributed by atoms with E-state index in [1.54, 1.807) is 18.4 Å². The lowest BCUT2D eigenvalue weighted by atomic mass is 9.96. The number of anilines is 3. The summed E-state index contributed by atoms with van der Waals surface area (Å²) in [5.41, 5.74) is 3.37. The Hall–Kier alpha value is -3.06. The molecule has 36 heavy (non-hydrogen) atoms. The van der Waals surface area contributed by atoms with Gasteiger partial charge in [-0.3, -0.25) is 4.79 Å². The molecule has 1 heterocycles. The molecule has 0 fully saturated rings. The van der Waals surface area contributed by atoms with Gasteiger partial charge in [0, 0.05) is 15.5 Å². The Morgan fingerprint density at radius 2 is 1.97 bits per heavy atom. The lowest BCUT2D eigenvalue weighted by Crippen LogP contribution is -2.24. The van der Waals surface area contributed by atoms with Crippen LogP contribution in [0.15, 0.2) is 53.4 Å². The predicted octanol–water partition coefficient (Wildman–Crippen LogP) is 6.83. The Balaban J connectivity index is 1.41. The van der Waals surface area contributed by atoms with Crippen LogP contribution in [0.4, 0.5) is 16.4 Å². The molecule has 4 rings (SSSR count). The van der Waals surface area contributed by atoms with Crippen molar-refractivity contribution in [1.29, 1.82) is 5.26 Å². The molecule has 2 aromatic carbocycles. The third kappa shape index (κ3) is 6.19. The van der Waals surface area contributed by atoms with Gasteiger partial charge in [-0.15, -0.1) is 23.1 Å². The van der Waals surface area contributed by atoms with Gasteiger partial charge >= 0.3 is 0 Å². The van der Waals surface area contributed by atoms with Gasteiger partial charge in [-0.25, -0.2) is 0 Å². The van der Waals surface area contributed by atoms with Gasteiger partial charge in [0.05, 0.1) is 23.6 Å². The minimum atomic E-state index is -0.287. The van der Waals surface area contributed by atoms with Gasteiger partial charge in [0.2, 0.25) is 5.91 Å². The van der Waals surface area contributed by atoms with E-state index in [-0.39, 0.29) is 11.2 Å². The highest BCUT2D eigenvalue weighted by molar-refractivity contribution is 8.00. The third-order valence-corrected chi connectivity index (χ3v) is 8.68. The van der Waals surface area contributed by atoms with Crippen LogP contribution in [0, 0.1) is 11.3 Å². The van der Waals surface area contributed by atoms with E-state index in [2.05, 4.69) is 22.0 Å². The minimum absolute atomic E-state index is 0.0793. The maximum Gasteiger partial charge on any atom is 0.238 e. The van der Waals surface area contributed by atoms with E-state index in [1.807, 2.05) is 55.5 Å². The second-order valence-electron chi connectivity index (χ2n) is 8.34. The van der Waals surface area contributed by atoms with Crippen molar-refractivity contribution in [3.05, 3.63) is 64.5 Å². The molecule has 0 bridgehead atoms. The molecule has 0 spiro atoms. The van der Waals surface area contributed by atoms with Gasteiger partial charge in [-0.05, 0) is 80.2 Å². The van der Waals surface area contributed by atoms with Crippen LogP contribution in [0.2, 0.25) is 0 Å². The van der Waals surface area contributed by atoms with Gasteiger partial charge in [-0.2, -0.15) is 5.26 Å². The second kappa shape index (κ2) is 12.3. The van der Waals surface area contributed by atoms with Crippen LogP contribution in [-0.2, 0) is 17.6 Å². The second-order valence-corrected chi connectivity index (χ2v) is 11.1. The number of rotatable bonds is 8. The minimum Gasteiger partial charge on any atom is -0.495 e. The summed E-state index contributed by atoms with van der Waals surface area (Å²) in [4.78, 5) is 15.4. The SMILES string of the molecule is CCC(Sc1cccc(NC(=S)Nc2ccccc2OC)c1)C(=O)Nc1sc2c(c1C#N)CCCC2. The van der Waals surface area contributed by atoms with Gasteiger partial charge in [0.15, 0.2) is 5.11 Å². The Labute approximate surface area is 225 Å². The molecule has 1 amide bonds. The Morgan fingerprint density at radius 1 is 1.17 bits per heavy atom. The van der Waals surface area contributed by atoms with Crippen molar-refractivity contribution in [2.45, 2.75) is 49.2 Å². The quantitative estimate of drug-likeness (QED) is 0.215. The first-order valence-corrected chi connectivity index (χ1v) is 14.0. The van der Waals surface area contributed by atoms with Crippen molar-refractivity contribution >= 4 is 62.7 Å². The molecule has 0 aliphatic heterocycles. The number of thiocarbonyl (C=S) groups is 1. The number of aryl methyl sites for hydroxylation is 1. The molecule has 186 valence electrons. The van der Waals surface area contributed by atoms with Crippen molar-refractivity contribution in [3.8, 4) is 11.8 Å². The zero-order valence-corrected chi connectivity index (χ0v) is 22.7. The standard InChI is InChI=1S/C27H28N4O2S3/c1-3-23(25(32)31-26-20(16-28)19-11-4-7-14-24(19)36-26)35-18-10-8-9-17(15-18)29-27(34)30-21-12-5-6-13-22(21)33-2/h5-6,8-10,12-13,15,23H,3-4,7,11,14H2,1-2H3,(H,31,32)(H2,29,30,34). The number of fused-ring (bicyclic) bond motifs is 1. The maximum absolute atomic E-state index is 13.2. The predicted molar refractivity (Wildman–Crippen MR) is 154 cm³/mol. The molecule has 3 N–H and O–H groups in total. The van der Waals surface area contributed by atoms with E-state index in [0.717, 1.165) is 47.5 Å². The molecule has 1 aliphatic carbocycles. The number of para-hydroxylation sites is 2. The summed E-state index contributed by atoms with van der Waals surface area (Å²) in [6.45, 7) is 2.00. The molecule has 9 heteroatoms. The zero-order chi connectivity index (χ0) is 25.5. The van der Waals surface area contributed by atoms with Crippen LogP contribution in [0.25, 0.3) is 0 Å². The van der Waals surface area contributed by atoms with Crippen LogP contribution in [0.5, 0.6) is 5.75 Å². The summed E-state index contributed by atoms with van der Waals surface area (Å²) in [7, 11) is 1.62. The van der Waals surface area contributed by atoms with E-state index in [4.69, 9.17) is 17.0 Å². The highest BCUT2D eigenvalue weighted by Crippen LogP contribution is 2.38. The topological polar surface area (TPSA) is 86.2 Å². The lowest BCUT2D eigenvalue weighted by molar-refractivity contribution is -0.115. The third-order valence-electron chi connectivity index (χ3n) is 5.91. The molecular formula is C27H28N4O2S3. The molecule has 0 saturated heterocycles. The van der Waals surface area contributed by atoms with E-state index in [9.17, 15) is 10.1 Å². The van der Waals surface area contributed by atoms with E-state index in [0.29, 0.717) is 27.8 Å². The number of hydrogen-bond acceptors (Lipinski definition) is 6. The number of benzene rings is 2. The average Bonchev–Trinajstić information content (AvgIpc) is 3.24. The number of amides is 1. The van der Waals surface area contributed by atoms with E-state index in [1.165, 1.54) is 16.6 Å². The number of carbonyl (C=O) groups excluding carboxylic acids is 1. The summed E-state index contributed by atoms with van der Waals surface area (Å²) in [5.74, 6) is 0.623. The van der Waals surface area contributed by atoms with Crippen LogP contribution >= 0.6 is 35.3 Å². The molecule has 1 aromatic heterocycles. The molecular weight excluding hydrogens is 509 g/mol. The number of nitrogens with zero attached hydrogens (tertiary/aromatic N) is 1. The van der Waals surface area contributed by atoms with Gasteiger partial charge in [0.1, 0.15) is 16.8 Å². The van der Waals surface area contributed by atoms with Crippen LogP contribution < -0.4 is 20.7 Å². The van der Waals surface area contributed by atoms with E-state index >= 15 is 0 Å². The smallest absolute Gasteiger partial charge is 0.238 e. The van der Waals surface area contributed by atoms with E-state index < -0.39 is 0 Å². The highest BCUT2D eigenvalue weighted by atomic mass is 32.2. The molecule has 1 aliphatic rings. The zero-order valence-electron chi connectivity index (χ0n) is 20.2. The molecule has 6 nitrogen and oxygen atoms in total. The molecule has 1 atom stereocenters. The summed E-state index contributed by atoms with van der Waals surface area (Å²) >= 11 is 8.54. The molecule has 0 radical (unpaired) electrons. The van der Waals surface area contributed by atoms with Gasteiger partial charge < -0.3 is 20.7 Å². The molecule has 3 aromatic rings. The lowest BCUT2D eigenvalue weighted by Gasteiger charge is -2.16. The molecule has 1 unspecified atom stereocenters. The van der Waals surface area contributed by atoms with Gasteiger partial charge in [0.25, 0.3) is 0 Å². The fourth-order valence-corrected chi connectivity index (χ4v) is 6.61.